The molecule has 2 rings (SSSR count). The van der Waals surface area contributed by atoms with E-state index in [-0.39, 0.29) is 11.2 Å². The molecular weight excluding hydrogens is 196 g/mol. The van der Waals surface area contributed by atoms with E-state index in [1.165, 1.54) is 0 Å². The minimum Gasteiger partial charge on any atom is -0.367 e. The van der Waals surface area contributed by atoms with Gasteiger partial charge in [-0.2, -0.15) is 0 Å². The molecule has 2 aliphatic heterocycles. The summed E-state index contributed by atoms with van der Waals surface area (Å²) in [6, 6.07) is 0. The molecule has 0 bridgehead atoms. The van der Waals surface area contributed by atoms with Crippen LogP contribution in [-0.4, -0.2) is 43.4 Å². The molecule has 4 nitrogen and oxygen atoms in total. The lowest BCUT2D eigenvalue weighted by Crippen LogP contribution is -2.35. The fraction of sp³-hybridized carbons (Fsp3) is 1.00. The van der Waals surface area contributed by atoms with Crippen LogP contribution in [0, 0.1) is 0 Å². The summed E-state index contributed by atoms with van der Waals surface area (Å²) in [5.41, 5.74) is -0.165. The third kappa shape index (κ3) is 3.41. The quantitative estimate of drug-likeness (QED) is 0.496. The Morgan fingerprint density at radius 3 is 1.60 bits per heavy atom. The topological polar surface area (TPSA) is 43.5 Å². The van der Waals surface area contributed by atoms with Crippen LogP contribution in [0.2, 0.25) is 0 Å². The van der Waals surface area contributed by atoms with Gasteiger partial charge in [0.05, 0.1) is 26.4 Å². The maximum atomic E-state index is 5.68. The Morgan fingerprint density at radius 2 is 1.33 bits per heavy atom. The number of rotatable bonds is 6. The Labute approximate surface area is 90.8 Å². The van der Waals surface area contributed by atoms with Gasteiger partial charge in [0.15, 0.2) is 5.79 Å². The predicted molar refractivity (Wildman–Crippen MR) is 54.7 cm³/mol. The molecule has 88 valence electrons. The first-order valence-electron chi connectivity index (χ1n) is 5.39. The highest BCUT2D eigenvalue weighted by molar-refractivity contribution is 4.88. The minimum absolute atomic E-state index is 0.0827. The summed E-state index contributed by atoms with van der Waals surface area (Å²) in [5, 5.41) is 0. The lowest BCUT2D eigenvalue weighted by molar-refractivity contribution is -0.225. The lowest BCUT2D eigenvalue weighted by atomic mass is 10.2. The summed E-state index contributed by atoms with van der Waals surface area (Å²) in [7, 11) is 0. The molecule has 2 atom stereocenters. The zero-order chi connectivity index (χ0) is 11.2. The van der Waals surface area contributed by atoms with E-state index in [1.54, 1.807) is 0 Å². The second-order valence-corrected chi connectivity index (χ2v) is 5.45. The third-order valence-electron chi connectivity index (χ3n) is 2.72. The van der Waals surface area contributed by atoms with Crippen molar-refractivity contribution in [2.45, 2.75) is 44.7 Å². The van der Waals surface area contributed by atoms with Crippen molar-refractivity contribution in [1.29, 1.82) is 0 Å². The Morgan fingerprint density at radius 1 is 1.00 bits per heavy atom. The van der Waals surface area contributed by atoms with Gasteiger partial charge >= 0.3 is 0 Å². The molecule has 0 N–H and O–H groups in total. The summed E-state index contributed by atoms with van der Waals surface area (Å²) >= 11 is 0. The maximum absolute atomic E-state index is 5.68. The van der Waals surface area contributed by atoms with Gasteiger partial charge < -0.3 is 18.9 Å². The lowest BCUT2D eigenvalue weighted by Gasteiger charge is -2.27. The largest absolute Gasteiger partial charge is 0.367 e. The Hall–Kier alpha value is -0.160. The molecule has 0 amide bonds. The number of epoxide rings is 2. The van der Waals surface area contributed by atoms with Gasteiger partial charge in [-0.1, -0.05) is 0 Å². The first-order valence-corrected chi connectivity index (χ1v) is 5.39. The van der Waals surface area contributed by atoms with E-state index in [2.05, 4.69) is 0 Å². The molecule has 2 aliphatic rings. The average molecular weight is 216 g/mol. The molecule has 0 aliphatic carbocycles. The van der Waals surface area contributed by atoms with Crippen molar-refractivity contribution in [2.75, 3.05) is 26.4 Å². The minimum atomic E-state index is -0.566. The summed E-state index contributed by atoms with van der Waals surface area (Å²) < 4.78 is 21.8. The van der Waals surface area contributed by atoms with Gasteiger partial charge in [-0.25, -0.2) is 0 Å². The van der Waals surface area contributed by atoms with Crippen LogP contribution in [0.3, 0.4) is 0 Å². The fourth-order valence-electron chi connectivity index (χ4n) is 1.11. The zero-order valence-electron chi connectivity index (χ0n) is 9.96. The van der Waals surface area contributed by atoms with Gasteiger partial charge in [-0.15, -0.1) is 0 Å². The van der Waals surface area contributed by atoms with Crippen molar-refractivity contribution in [3.8, 4) is 0 Å². The van der Waals surface area contributed by atoms with Crippen molar-refractivity contribution in [3.05, 3.63) is 0 Å². The van der Waals surface area contributed by atoms with Crippen LogP contribution in [-0.2, 0) is 18.9 Å². The molecule has 2 fully saturated rings. The third-order valence-corrected chi connectivity index (χ3v) is 2.72. The molecule has 2 saturated heterocycles. The van der Waals surface area contributed by atoms with E-state index in [4.69, 9.17) is 18.9 Å². The van der Waals surface area contributed by atoms with Crippen LogP contribution < -0.4 is 0 Å². The monoisotopic (exact) mass is 216 g/mol. The van der Waals surface area contributed by atoms with E-state index in [1.807, 2.05) is 27.7 Å². The van der Waals surface area contributed by atoms with E-state index in [9.17, 15) is 0 Å². The fourth-order valence-corrected chi connectivity index (χ4v) is 1.11. The van der Waals surface area contributed by atoms with E-state index < -0.39 is 5.79 Å². The first-order chi connectivity index (χ1) is 6.83. The predicted octanol–water partition coefficient (Wildman–Crippen LogP) is 1.33. The number of hydrogen-bond acceptors (Lipinski definition) is 4. The molecule has 0 aromatic rings. The van der Waals surface area contributed by atoms with Gasteiger partial charge in [-0.05, 0) is 27.7 Å². The highest BCUT2D eigenvalue weighted by Crippen LogP contribution is 2.30. The average Bonchev–Trinajstić information content (AvgIpc) is 3.03. The smallest absolute Gasteiger partial charge is 0.163 e. The van der Waals surface area contributed by atoms with Crippen molar-refractivity contribution in [2.24, 2.45) is 0 Å². The number of hydrogen-bond donors (Lipinski definition) is 0. The molecule has 15 heavy (non-hydrogen) atoms. The van der Waals surface area contributed by atoms with E-state index in [0.29, 0.717) is 13.2 Å². The second-order valence-electron chi connectivity index (χ2n) is 5.45. The summed E-state index contributed by atoms with van der Waals surface area (Å²) in [6.07, 6.45) is 0. The summed E-state index contributed by atoms with van der Waals surface area (Å²) in [5.74, 6) is -0.566. The Bertz CT molecular complexity index is 217. The Balaban J connectivity index is 1.68. The molecule has 0 radical (unpaired) electrons. The van der Waals surface area contributed by atoms with Crippen molar-refractivity contribution in [1.82, 2.24) is 0 Å². The van der Waals surface area contributed by atoms with Crippen LogP contribution in [0.4, 0.5) is 0 Å². The van der Waals surface area contributed by atoms with Gasteiger partial charge in [0.25, 0.3) is 0 Å². The molecule has 4 heteroatoms. The maximum Gasteiger partial charge on any atom is 0.163 e. The van der Waals surface area contributed by atoms with E-state index >= 15 is 0 Å². The van der Waals surface area contributed by atoms with E-state index in [0.717, 1.165) is 13.2 Å². The van der Waals surface area contributed by atoms with Crippen LogP contribution in [0.5, 0.6) is 0 Å². The standard InChI is InChI=1S/C11H20O4/c1-9(2,12-5-10(3)7-14-10)13-6-11(4)8-15-11/h5-8H2,1-4H3. The van der Waals surface area contributed by atoms with Crippen molar-refractivity contribution < 1.29 is 18.9 Å². The van der Waals surface area contributed by atoms with Gasteiger partial charge in [-0.3, -0.25) is 0 Å². The molecular formula is C11H20O4. The van der Waals surface area contributed by atoms with Gasteiger partial charge in [0.1, 0.15) is 11.2 Å². The van der Waals surface area contributed by atoms with Gasteiger partial charge in [0.2, 0.25) is 0 Å². The molecule has 0 aromatic carbocycles. The highest BCUT2D eigenvalue weighted by Gasteiger charge is 2.43. The van der Waals surface area contributed by atoms with Crippen LogP contribution in [0.1, 0.15) is 27.7 Å². The molecule has 0 aromatic heterocycles. The summed E-state index contributed by atoms with van der Waals surface area (Å²) in [6.45, 7) is 10.6. The summed E-state index contributed by atoms with van der Waals surface area (Å²) in [4.78, 5) is 0. The van der Waals surface area contributed by atoms with Crippen LogP contribution in [0.25, 0.3) is 0 Å². The SMILES string of the molecule is CC1(COC(C)(C)OCC2(C)CO2)CO1. The van der Waals surface area contributed by atoms with Crippen LogP contribution >= 0.6 is 0 Å². The molecule has 0 saturated carbocycles. The van der Waals surface area contributed by atoms with Gasteiger partial charge in [0, 0.05) is 0 Å². The number of ether oxygens (including phenoxy) is 4. The first kappa shape index (κ1) is 11.3. The normalized spacial score (nSPS) is 39.2. The molecule has 0 spiro atoms. The molecule has 2 heterocycles. The highest BCUT2D eigenvalue weighted by atomic mass is 16.7. The Kier molecular flexibility index (Phi) is 2.58. The van der Waals surface area contributed by atoms with Crippen molar-refractivity contribution >= 4 is 0 Å². The zero-order valence-corrected chi connectivity index (χ0v) is 9.96. The van der Waals surface area contributed by atoms with Crippen molar-refractivity contribution in [3.63, 3.8) is 0 Å². The molecule has 2 unspecified atom stereocenters. The second kappa shape index (κ2) is 3.42. The van der Waals surface area contributed by atoms with Crippen LogP contribution in [0.15, 0.2) is 0 Å².